The Balaban J connectivity index is 2.28. The van der Waals surface area contributed by atoms with E-state index in [1.165, 1.54) is 0 Å². The number of hydrogen-bond acceptors (Lipinski definition) is 11. The van der Waals surface area contributed by atoms with Crippen LogP contribution in [0.15, 0.2) is 15.9 Å². The second-order valence-corrected chi connectivity index (χ2v) is 11.1. The van der Waals surface area contributed by atoms with Gasteiger partial charge in [0.1, 0.15) is 18.5 Å². The smallest absolute Gasteiger partial charge is 0.387 e. The van der Waals surface area contributed by atoms with E-state index in [9.17, 15) is 38.2 Å². The van der Waals surface area contributed by atoms with Crippen LogP contribution in [0, 0.1) is 12.3 Å². The second-order valence-electron chi connectivity index (χ2n) is 6.10. The van der Waals surface area contributed by atoms with Gasteiger partial charge in [0.05, 0.1) is 6.10 Å². The highest BCUT2D eigenvalue weighted by Crippen LogP contribution is 2.66. The van der Waals surface area contributed by atoms with Crippen molar-refractivity contribution in [2.24, 2.45) is 0 Å². The van der Waals surface area contributed by atoms with Crippen molar-refractivity contribution in [3.8, 4) is 12.3 Å². The van der Waals surface area contributed by atoms with Gasteiger partial charge in [-0.3, -0.25) is 14.1 Å². The van der Waals surface area contributed by atoms with Gasteiger partial charge in [-0.25, -0.2) is 23.3 Å². The van der Waals surface area contributed by atoms with Gasteiger partial charge in [-0.05, 0) is 6.92 Å². The average molecular weight is 542 g/mol. The molecule has 1 aliphatic rings. The van der Waals surface area contributed by atoms with E-state index in [0.717, 1.165) is 6.92 Å². The van der Waals surface area contributed by atoms with Crippen LogP contribution in [0.1, 0.15) is 13.2 Å². The molecule has 6 N–H and O–H groups in total. The van der Waals surface area contributed by atoms with Crippen LogP contribution in [0.25, 0.3) is 0 Å². The van der Waals surface area contributed by atoms with Gasteiger partial charge < -0.3 is 29.4 Å². The van der Waals surface area contributed by atoms with Gasteiger partial charge in [0, 0.05) is 0 Å². The van der Waals surface area contributed by atoms with Crippen LogP contribution in [0.4, 0.5) is 0 Å². The summed E-state index contributed by atoms with van der Waals surface area (Å²) < 4.78 is 51.8. The highest BCUT2D eigenvalue weighted by atomic mass is 35.5. The number of H-pyrrole nitrogens is 1. The zero-order valence-electron chi connectivity index (χ0n) is 15.5. The van der Waals surface area contributed by atoms with E-state index in [1.807, 2.05) is 5.92 Å². The number of nitrogens with zero attached hydrogens (tertiary/aromatic N) is 2. The standard InChI is InChI=1S/C11H15ClN3O14P3/c1-3-11(12)7(16)6(26-8(11)15-4-13-9(17)14-10(15)18)5(2)27-31(22,23)29-32(24,25)28-30(19,20)21/h1,4-8,16H,2H3,(H,22,23)(H,24,25)(H,14,17,18)(H2,19,20,21)/t5-,6+,7-,8+,11?/m0/s1. The molecule has 3 unspecified atom stereocenters. The zero-order chi connectivity index (χ0) is 24.7. The number of phosphoric acid groups is 3. The number of phosphoric ester groups is 1. The zero-order valence-corrected chi connectivity index (χ0v) is 18.9. The Hall–Kier alpha value is -1.21. The minimum atomic E-state index is -5.79. The first-order valence-electron chi connectivity index (χ1n) is 7.90. The number of rotatable bonds is 8. The Labute approximate surface area is 182 Å². The molecule has 1 aromatic rings. The largest absolute Gasteiger partial charge is 0.490 e. The molecule has 1 fully saturated rings. The number of halogens is 1. The average Bonchev–Trinajstić information content (AvgIpc) is 2.84. The van der Waals surface area contributed by atoms with E-state index in [2.05, 4.69) is 18.1 Å². The van der Waals surface area contributed by atoms with Crippen molar-refractivity contribution in [3.05, 3.63) is 27.3 Å². The minimum Gasteiger partial charge on any atom is -0.387 e. The van der Waals surface area contributed by atoms with Gasteiger partial charge in [-0.15, -0.1) is 6.42 Å². The third-order valence-electron chi connectivity index (χ3n) is 3.79. The molecule has 0 radical (unpaired) electrons. The number of alkyl halides is 1. The number of ether oxygens (including phenoxy) is 1. The van der Waals surface area contributed by atoms with Crippen molar-refractivity contribution in [3.63, 3.8) is 0 Å². The molecule has 32 heavy (non-hydrogen) atoms. The molecular formula is C11H15ClN3O14P3. The summed E-state index contributed by atoms with van der Waals surface area (Å²) in [7, 11) is -17.0. The number of aromatic amines is 1. The number of aromatic nitrogens is 3. The van der Waals surface area contributed by atoms with Crippen LogP contribution in [0.3, 0.4) is 0 Å². The van der Waals surface area contributed by atoms with Gasteiger partial charge in [0.2, 0.25) is 0 Å². The molecule has 21 heteroatoms. The maximum absolute atomic E-state index is 12.0. The van der Waals surface area contributed by atoms with E-state index >= 15 is 0 Å². The van der Waals surface area contributed by atoms with Crippen LogP contribution < -0.4 is 11.4 Å². The fourth-order valence-electron chi connectivity index (χ4n) is 2.59. The van der Waals surface area contributed by atoms with E-state index in [-0.39, 0.29) is 0 Å². The molecule has 0 saturated carbocycles. The van der Waals surface area contributed by atoms with Crippen LogP contribution in [0.5, 0.6) is 0 Å². The van der Waals surface area contributed by atoms with Crippen LogP contribution >= 0.6 is 35.1 Å². The van der Waals surface area contributed by atoms with Crippen LogP contribution in [-0.4, -0.2) is 62.4 Å². The SMILES string of the molecule is C#CC1(Cl)[C@@H](O)[C@@H]([C@H](C)OP(=O)(O)OP(=O)(O)OP(=O)(O)O)O[C@H]1n1cnc(=O)[nH]c1=O. The van der Waals surface area contributed by atoms with Crippen molar-refractivity contribution in [1.82, 2.24) is 14.5 Å². The molecular weight excluding hydrogens is 527 g/mol. The summed E-state index contributed by atoms with van der Waals surface area (Å²) in [4.78, 5) is 61.9. The lowest BCUT2D eigenvalue weighted by molar-refractivity contribution is -0.0752. The third-order valence-corrected chi connectivity index (χ3v) is 8.23. The Kier molecular flexibility index (Phi) is 7.78. The summed E-state index contributed by atoms with van der Waals surface area (Å²) in [5.41, 5.74) is -2.09. The number of terminal acetylenes is 1. The van der Waals surface area contributed by atoms with E-state index in [4.69, 9.17) is 32.5 Å². The highest BCUT2D eigenvalue weighted by molar-refractivity contribution is 7.66. The van der Waals surface area contributed by atoms with E-state index in [0.29, 0.717) is 10.9 Å². The molecule has 17 nitrogen and oxygen atoms in total. The number of nitrogens with one attached hydrogen (secondary N) is 1. The van der Waals surface area contributed by atoms with Crippen molar-refractivity contribution in [2.75, 3.05) is 0 Å². The lowest BCUT2D eigenvalue weighted by Gasteiger charge is -2.26. The molecule has 7 atom stereocenters. The van der Waals surface area contributed by atoms with Gasteiger partial charge >= 0.3 is 34.8 Å². The molecule has 0 amide bonds. The van der Waals surface area contributed by atoms with E-state index in [1.54, 1.807) is 4.98 Å². The molecule has 0 aromatic carbocycles. The molecule has 1 saturated heterocycles. The molecule has 2 heterocycles. The molecule has 0 aliphatic carbocycles. The summed E-state index contributed by atoms with van der Waals surface area (Å²) in [6, 6.07) is 0. The first kappa shape index (κ1) is 27.0. The monoisotopic (exact) mass is 541 g/mol. The van der Waals surface area contributed by atoms with Crippen molar-refractivity contribution >= 4 is 35.1 Å². The summed E-state index contributed by atoms with van der Waals surface area (Å²) in [5, 5.41) is 10.5. The number of hydrogen-bond donors (Lipinski definition) is 6. The number of aliphatic hydroxyl groups excluding tert-OH is 1. The summed E-state index contributed by atoms with van der Waals surface area (Å²) in [5.74, 6) is 1.99. The molecule has 2 rings (SSSR count). The molecule has 0 spiro atoms. The third kappa shape index (κ3) is 6.22. The van der Waals surface area contributed by atoms with Crippen LogP contribution in [0.2, 0.25) is 0 Å². The van der Waals surface area contributed by atoms with Gasteiger partial charge in [-0.1, -0.05) is 17.5 Å². The fraction of sp³-hybridized carbons (Fsp3) is 0.545. The van der Waals surface area contributed by atoms with Gasteiger partial charge in [0.25, 0.3) is 0 Å². The molecule has 0 bridgehead atoms. The van der Waals surface area contributed by atoms with Crippen molar-refractivity contribution in [1.29, 1.82) is 0 Å². The lowest BCUT2D eigenvalue weighted by Crippen LogP contribution is -2.45. The van der Waals surface area contributed by atoms with Crippen molar-refractivity contribution in [2.45, 2.75) is 36.3 Å². The molecule has 1 aromatic heterocycles. The molecule has 180 valence electrons. The van der Waals surface area contributed by atoms with Gasteiger partial charge in [0.15, 0.2) is 11.1 Å². The Morgan fingerprint density at radius 1 is 1.28 bits per heavy atom. The highest BCUT2D eigenvalue weighted by Gasteiger charge is 2.58. The molecule has 1 aliphatic heterocycles. The lowest BCUT2D eigenvalue weighted by atomic mass is 9.97. The predicted octanol–water partition coefficient (Wildman–Crippen LogP) is -1.47. The maximum atomic E-state index is 12.0. The van der Waals surface area contributed by atoms with Gasteiger partial charge in [-0.2, -0.15) is 13.6 Å². The normalized spacial score (nSPS) is 30.8. The Bertz CT molecular complexity index is 1170. The first-order chi connectivity index (χ1) is 14.4. The fourth-order valence-corrected chi connectivity index (χ4v) is 6.07. The summed E-state index contributed by atoms with van der Waals surface area (Å²) in [6.07, 6.45) is -0.929. The minimum absolute atomic E-state index is 0.620. The second kappa shape index (κ2) is 9.21. The topological polar surface area (TPSA) is 257 Å². The Morgan fingerprint density at radius 2 is 1.88 bits per heavy atom. The summed E-state index contributed by atoms with van der Waals surface area (Å²) in [6.45, 7) is 0.996. The predicted molar refractivity (Wildman–Crippen MR) is 101 cm³/mol. The van der Waals surface area contributed by atoms with E-state index < -0.39 is 64.3 Å². The number of aliphatic hydroxyl groups is 1. The Morgan fingerprint density at radius 3 is 2.38 bits per heavy atom. The maximum Gasteiger partial charge on any atom is 0.490 e. The van der Waals surface area contributed by atoms with Crippen molar-refractivity contribution < 1.29 is 56.3 Å². The first-order valence-corrected chi connectivity index (χ1v) is 12.8. The summed E-state index contributed by atoms with van der Waals surface area (Å²) >= 11 is 6.21. The quantitative estimate of drug-likeness (QED) is 0.125. The van der Waals surface area contributed by atoms with Crippen LogP contribution in [-0.2, 0) is 31.6 Å².